The van der Waals surface area contributed by atoms with Crippen molar-refractivity contribution < 1.29 is 19.1 Å². The summed E-state index contributed by atoms with van der Waals surface area (Å²) in [6, 6.07) is 3.40. The van der Waals surface area contributed by atoms with Gasteiger partial charge in [-0.25, -0.2) is 9.59 Å². The number of hydrogen-bond acceptors (Lipinski definition) is 6. The van der Waals surface area contributed by atoms with Crippen molar-refractivity contribution in [2.24, 2.45) is 0 Å². The number of rotatable bonds is 3. The first-order chi connectivity index (χ1) is 9.04. The first kappa shape index (κ1) is 14.7. The number of carbonyl (C=O) groups excluding carboxylic acids is 2. The van der Waals surface area contributed by atoms with E-state index < -0.39 is 11.9 Å². The van der Waals surface area contributed by atoms with Crippen molar-refractivity contribution in [3.8, 4) is 5.75 Å². The van der Waals surface area contributed by atoms with Crippen molar-refractivity contribution in [2.75, 3.05) is 7.11 Å². The average molecular weight is 426 g/mol. The van der Waals surface area contributed by atoms with Crippen LogP contribution in [0.4, 0.5) is 0 Å². The molecule has 0 aliphatic carbocycles. The number of methoxy groups -OCH3 is 1. The van der Waals surface area contributed by atoms with Crippen molar-refractivity contribution in [2.45, 2.75) is 0 Å². The third-order valence-corrected chi connectivity index (χ3v) is 6.28. The van der Waals surface area contributed by atoms with Crippen LogP contribution >= 0.6 is 54.5 Å². The molecule has 100 valence electrons. The third kappa shape index (κ3) is 3.07. The van der Waals surface area contributed by atoms with E-state index in [2.05, 4.69) is 36.6 Å². The minimum Gasteiger partial charge on any atom is -0.465 e. The van der Waals surface area contributed by atoms with Crippen LogP contribution in [0, 0.1) is 0 Å². The molecule has 0 amide bonds. The summed E-state index contributed by atoms with van der Waals surface area (Å²) in [6.45, 7) is 0. The number of hydrogen-bond donors (Lipinski definition) is 0. The lowest BCUT2D eigenvalue weighted by molar-refractivity contribution is 0.0599. The lowest BCUT2D eigenvalue weighted by atomic mass is 10.4. The van der Waals surface area contributed by atoms with Crippen LogP contribution in [0.3, 0.4) is 0 Å². The summed E-state index contributed by atoms with van der Waals surface area (Å²) >= 11 is 8.95. The van der Waals surface area contributed by atoms with Crippen LogP contribution in [-0.2, 0) is 4.74 Å². The maximum Gasteiger partial charge on any atom is 0.353 e. The van der Waals surface area contributed by atoms with E-state index in [1.165, 1.54) is 18.4 Å². The monoisotopic (exact) mass is 424 g/mol. The fraction of sp³-hybridized carbons (Fsp3) is 0.0909. The smallest absolute Gasteiger partial charge is 0.353 e. The van der Waals surface area contributed by atoms with Crippen LogP contribution in [0.1, 0.15) is 19.3 Å². The minimum absolute atomic E-state index is 0.169. The molecule has 0 aliphatic rings. The van der Waals surface area contributed by atoms with Gasteiger partial charge in [0.2, 0.25) is 0 Å². The Morgan fingerprint density at radius 1 is 1.26 bits per heavy atom. The molecule has 0 atom stereocenters. The molecule has 2 rings (SSSR count). The molecule has 0 unspecified atom stereocenters. The lowest BCUT2D eigenvalue weighted by Crippen LogP contribution is -2.09. The van der Waals surface area contributed by atoms with E-state index in [1.54, 1.807) is 17.5 Å². The molecule has 19 heavy (non-hydrogen) atoms. The van der Waals surface area contributed by atoms with Crippen molar-refractivity contribution in [3.05, 3.63) is 35.5 Å². The molecule has 0 N–H and O–H groups in total. The molecule has 2 heterocycles. The standard InChI is InChI=1S/C11H6Br2O4S2/c1-16-11(15)8-7(6(12)9(13)19-8)17-10(14)5-3-2-4-18-5/h2-4H,1H3. The van der Waals surface area contributed by atoms with Gasteiger partial charge in [0.1, 0.15) is 4.88 Å². The molecule has 0 bridgehead atoms. The highest BCUT2D eigenvalue weighted by molar-refractivity contribution is 9.13. The summed E-state index contributed by atoms with van der Waals surface area (Å²) in [5.41, 5.74) is 0. The molecule has 0 saturated heterocycles. The maximum atomic E-state index is 11.9. The molecule has 0 aromatic carbocycles. The van der Waals surface area contributed by atoms with Gasteiger partial charge in [0.05, 0.1) is 15.4 Å². The lowest BCUT2D eigenvalue weighted by Gasteiger charge is -2.04. The van der Waals surface area contributed by atoms with Gasteiger partial charge in [-0.2, -0.15) is 0 Å². The van der Waals surface area contributed by atoms with Gasteiger partial charge in [-0.15, -0.1) is 22.7 Å². The van der Waals surface area contributed by atoms with Crippen molar-refractivity contribution in [1.82, 2.24) is 0 Å². The molecular weight excluding hydrogens is 420 g/mol. The maximum absolute atomic E-state index is 11.9. The Labute approximate surface area is 133 Å². The van der Waals surface area contributed by atoms with Crippen LogP contribution in [0.15, 0.2) is 25.8 Å². The Bertz CT molecular complexity index is 619. The molecule has 2 aromatic heterocycles. The molecule has 0 saturated carbocycles. The van der Waals surface area contributed by atoms with Gasteiger partial charge in [0.25, 0.3) is 0 Å². The van der Waals surface area contributed by atoms with Crippen molar-refractivity contribution >= 4 is 66.5 Å². The average Bonchev–Trinajstić information content (AvgIpc) is 3.01. The van der Waals surface area contributed by atoms with Crippen LogP contribution in [-0.4, -0.2) is 19.0 Å². The van der Waals surface area contributed by atoms with Gasteiger partial charge >= 0.3 is 11.9 Å². The summed E-state index contributed by atoms with van der Waals surface area (Å²) in [6.07, 6.45) is 0. The van der Waals surface area contributed by atoms with Crippen LogP contribution in [0.5, 0.6) is 5.75 Å². The largest absolute Gasteiger partial charge is 0.465 e. The Morgan fingerprint density at radius 2 is 2.00 bits per heavy atom. The van der Waals surface area contributed by atoms with Gasteiger partial charge in [0, 0.05) is 0 Å². The van der Waals surface area contributed by atoms with E-state index in [0.717, 1.165) is 11.3 Å². The highest BCUT2D eigenvalue weighted by Crippen LogP contribution is 2.43. The third-order valence-electron chi connectivity index (χ3n) is 2.06. The van der Waals surface area contributed by atoms with E-state index >= 15 is 0 Å². The van der Waals surface area contributed by atoms with Gasteiger partial charge in [-0.05, 0) is 43.3 Å². The molecule has 8 heteroatoms. The molecule has 0 fully saturated rings. The zero-order valence-corrected chi connectivity index (χ0v) is 14.2. The Kier molecular flexibility index (Phi) is 4.77. The van der Waals surface area contributed by atoms with E-state index in [1.807, 2.05) is 0 Å². The first-order valence-corrected chi connectivity index (χ1v) is 8.14. The molecule has 4 nitrogen and oxygen atoms in total. The predicted molar refractivity (Wildman–Crippen MR) is 80.3 cm³/mol. The number of ether oxygens (including phenoxy) is 2. The second-order valence-corrected chi connectivity index (χ2v) is 7.29. The van der Waals surface area contributed by atoms with Crippen LogP contribution in [0.2, 0.25) is 0 Å². The summed E-state index contributed by atoms with van der Waals surface area (Å²) in [5.74, 6) is -0.890. The SMILES string of the molecule is COC(=O)c1sc(Br)c(Br)c1OC(=O)c1cccs1. The zero-order chi connectivity index (χ0) is 14.0. The number of carbonyl (C=O) groups is 2. The molecule has 0 spiro atoms. The molecular formula is C11H6Br2O4S2. The van der Waals surface area contributed by atoms with Gasteiger partial charge in [-0.3, -0.25) is 0 Å². The van der Waals surface area contributed by atoms with Crippen LogP contribution < -0.4 is 4.74 Å². The molecule has 0 radical (unpaired) electrons. The number of halogens is 2. The first-order valence-electron chi connectivity index (χ1n) is 4.86. The number of thiophene rings is 2. The van der Waals surface area contributed by atoms with Crippen molar-refractivity contribution in [3.63, 3.8) is 0 Å². The molecule has 0 aliphatic heterocycles. The van der Waals surface area contributed by atoms with Gasteiger partial charge in [-0.1, -0.05) is 6.07 Å². The fourth-order valence-corrected chi connectivity index (χ4v) is 3.91. The van der Waals surface area contributed by atoms with E-state index in [4.69, 9.17) is 4.74 Å². The zero-order valence-electron chi connectivity index (χ0n) is 9.44. The summed E-state index contributed by atoms with van der Waals surface area (Å²) in [5, 5.41) is 1.77. The van der Waals surface area contributed by atoms with E-state index in [9.17, 15) is 9.59 Å². The Hall–Kier alpha value is -0.700. The highest BCUT2D eigenvalue weighted by atomic mass is 79.9. The normalized spacial score (nSPS) is 10.3. The Balaban J connectivity index is 2.34. The summed E-state index contributed by atoms with van der Waals surface area (Å²) in [4.78, 5) is 24.2. The summed E-state index contributed by atoms with van der Waals surface area (Å²) < 4.78 is 11.1. The minimum atomic E-state index is -0.551. The number of esters is 2. The topological polar surface area (TPSA) is 52.6 Å². The predicted octanol–water partition coefficient (Wildman–Crippen LogP) is 4.34. The highest BCUT2D eigenvalue weighted by Gasteiger charge is 2.25. The van der Waals surface area contributed by atoms with Crippen LogP contribution in [0.25, 0.3) is 0 Å². The fourth-order valence-electron chi connectivity index (χ4n) is 1.23. The second-order valence-electron chi connectivity index (χ2n) is 3.21. The van der Waals surface area contributed by atoms with Gasteiger partial charge < -0.3 is 9.47 Å². The summed E-state index contributed by atoms with van der Waals surface area (Å²) in [7, 11) is 1.27. The quantitative estimate of drug-likeness (QED) is 0.686. The molecule has 2 aromatic rings. The van der Waals surface area contributed by atoms with E-state index in [-0.39, 0.29) is 10.6 Å². The Morgan fingerprint density at radius 3 is 2.58 bits per heavy atom. The van der Waals surface area contributed by atoms with E-state index in [0.29, 0.717) is 13.1 Å². The van der Waals surface area contributed by atoms with Crippen molar-refractivity contribution in [1.29, 1.82) is 0 Å². The van der Waals surface area contributed by atoms with Gasteiger partial charge in [0.15, 0.2) is 10.6 Å². The second kappa shape index (κ2) is 6.17.